The van der Waals surface area contributed by atoms with E-state index in [1.54, 1.807) is 12.2 Å². The lowest BCUT2D eigenvalue weighted by molar-refractivity contribution is 0.412. The Bertz CT molecular complexity index is 582. The number of nitrogens with one attached hydrogen (secondary N) is 1. The molecule has 1 rings (SSSR count). The molecule has 0 aromatic carbocycles. The lowest BCUT2D eigenvalue weighted by atomic mass is 10.1. The highest BCUT2D eigenvalue weighted by Gasteiger charge is 2.09. The smallest absolute Gasteiger partial charge is 0.262 e. The minimum Gasteiger partial charge on any atom is -0.494 e. The molecule has 0 aliphatic carbocycles. The second kappa shape index (κ2) is 6.35. The van der Waals surface area contributed by atoms with Gasteiger partial charge in [-0.3, -0.25) is 14.3 Å². The standard InChI is InChI=1S/C13H18N2O2S/c1-4-6-9(3)8-10-11(16)14-13(18)15(7-5-2)12(10)17/h5,8,17H,2,4,6-7H2,1,3H3,(H,14,16,18). The van der Waals surface area contributed by atoms with Gasteiger partial charge in [-0.25, -0.2) is 0 Å². The summed E-state index contributed by atoms with van der Waals surface area (Å²) in [7, 11) is 0. The van der Waals surface area contributed by atoms with Crippen LogP contribution in [0, 0.1) is 4.77 Å². The van der Waals surface area contributed by atoms with Crippen molar-refractivity contribution in [3.63, 3.8) is 0 Å². The molecule has 0 amide bonds. The second-order valence-corrected chi connectivity index (χ2v) is 4.52. The third kappa shape index (κ3) is 3.20. The number of nitrogens with zero attached hydrogens (tertiary/aromatic N) is 1. The molecule has 0 spiro atoms. The number of hydrogen-bond acceptors (Lipinski definition) is 3. The van der Waals surface area contributed by atoms with Gasteiger partial charge in [0.1, 0.15) is 0 Å². The Hall–Kier alpha value is -1.62. The summed E-state index contributed by atoms with van der Waals surface area (Å²) in [5.74, 6) is -0.112. The fraction of sp³-hybridized carbons (Fsp3) is 0.385. The molecular weight excluding hydrogens is 248 g/mol. The van der Waals surface area contributed by atoms with Gasteiger partial charge in [0.05, 0.1) is 5.56 Å². The Labute approximate surface area is 111 Å². The van der Waals surface area contributed by atoms with E-state index in [4.69, 9.17) is 12.2 Å². The predicted molar refractivity (Wildman–Crippen MR) is 76.3 cm³/mol. The van der Waals surface area contributed by atoms with Gasteiger partial charge >= 0.3 is 0 Å². The van der Waals surface area contributed by atoms with Gasteiger partial charge in [-0.05, 0) is 31.6 Å². The minimum absolute atomic E-state index is 0.112. The molecule has 1 aromatic rings. The third-order valence-corrected chi connectivity index (χ3v) is 2.88. The molecule has 0 atom stereocenters. The quantitative estimate of drug-likeness (QED) is 0.636. The first kappa shape index (κ1) is 14.4. The van der Waals surface area contributed by atoms with Crippen LogP contribution in [-0.4, -0.2) is 14.7 Å². The van der Waals surface area contributed by atoms with Crippen LogP contribution in [0.5, 0.6) is 5.88 Å². The molecule has 0 fully saturated rings. The summed E-state index contributed by atoms with van der Waals surface area (Å²) in [5, 5.41) is 10.1. The zero-order valence-corrected chi connectivity index (χ0v) is 11.5. The first-order chi connectivity index (χ1) is 8.51. The van der Waals surface area contributed by atoms with E-state index in [2.05, 4.69) is 18.5 Å². The lowest BCUT2D eigenvalue weighted by Gasteiger charge is -2.09. The first-order valence-corrected chi connectivity index (χ1v) is 6.26. The van der Waals surface area contributed by atoms with Crippen molar-refractivity contribution >= 4 is 18.3 Å². The Morgan fingerprint density at radius 3 is 2.83 bits per heavy atom. The van der Waals surface area contributed by atoms with E-state index >= 15 is 0 Å². The molecule has 0 unspecified atom stereocenters. The van der Waals surface area contributed by atoms with Crippen molar-refractivity contribution in [2.75, 3.05) is 0 Å². The third-order valence-electron chi connectivity index (χ3n) is 2.55. The van der Waals surface area contributed by atoms with Crippen LogP contribution >= 0.6 is 12.2 Å². The molecule has 0 radical (unpaired) electrons. The van der Waals surface area contributed by atoms with E-state index in [0.717, 1.165) is 18.4 Å². The van der Waals surface area contributed by atoms with Crippen molar-refractivity contribution in [1.29, 1.82) is 0 Å². The molecule has 0 saturated carbocycles. The van der Waals surface area contributed by atoms with Gasteiger partial charge < -0.3 is 5.11 Å². The summed E-state index contributed by atoms with van der Waals surface area (Å²) in [4.78, 5) is 14.3. The second-order valence-electron chi connectivity index (χ2n) is 4.14. The molecule has 5 heteroatoms. The summed E-state index contributed by atoms with van der Waals surface area (Å²) >= 11 is 5.00. The molecule has 0 aliphatic rings. The highest BCUT2D eigenvalue weighted by molar-refractivity contribution is 7.71. The predicted octanol–water partition coefficient (Wildman–Crippen LogP) is 3.00. The Morgan fingerprint density at radius 1 is 1.61 bits per heavy atom. The van der Waals surface area contributed by atoms with Crippen LogP contribution in [-0.2, 0) is 6.54 Å². The zero-order valence-electron chi connectivity index (χ0n) is 10.7. The van der Waals surface area contributed by atoms with E-state index in [0.29, 0.717) is 6.54 Å². The summed E-state index contributed by atoms with van der Waals surface area (Å²) in [6, 6.07) is 0. The molecule has 98 valence electrons. The number of aromatic hydroxyl groups is 1. The number of H-pyrrole nitrogens is 1. The Balaban J connectivity index is 3.41. The maximum absolute atomic E-state index is 11.8. The van der Waals surface area contributed by atoms with E-state index < -0.39 is 0 Å². The highest BCUT2D eigenvalue weighted by Crippen LogP contribution is 2.17. The fourth-order valence-electron chi connectivity index (χ4n) is 1.72. The zero-order chi connectivity index (χ0) is 13.7. The van der Waals surface area contributed by atoms with Crippen LogP contribution in [0.4, 0.5) is 0 Å². The van der Waals surface area contributed by atoms with Gasteiger partial charge in [-0.15, -0.1) is 6.58 Å². The number of hydrogen-bond donors (Lipinski definition) is 2. The monoisotopic (exact) mass is 266 g/mol. The molecule has 0 saturated heterocycles. The van der Waals surface area contributed by atoms with E-state index in [9.17, 15) is 9.90 Å². The maximum Gasteiger partial charge on any atom is 0.262 e. The first-order valence-electron chi connectivity index (χ1n) is 5.85. The SMILES string of the molecule is C=CCn1c(O)c(C=C(C)CCC)c(=O)[nH]c1=S. The average Bonchev–Trinajstić information content (AvgIpc) is 2.30. The van der Waals surface area contributed by atoms with Crippen LogP contribution in [0.3, 0.4) is 0 Å². The van der Waals surface area contributed by atoms with Crippen molar-refractivity contribution in [2.24, 2.45) is 0 Å². The van der Waals surface area contributed by atoms with Gasteiger partial charge in [0, 0.05) is 6.54 Å². The van der Waals surface area contributed by atoms with Crippen LogP contribution < -0.4 is 5.56 Å². The number of allylic oxidation sites excluding steroid dienone is 2. The minimum atomic E-state index is -0.367. The highest BCUT2D eigenvalue weighted by atomic mass is 32.1. The fourth-order valence-corrected chi connectivity index (χ4v) is 1.97. The van der Waals surface area contributed by atoms with Crippen molar-refractivity contribution in [3.8, 4) is 5.88 Å². The Morgan fingerprint density at radius 2 is 2.28 bits per heavy atom. The van der Waals surface area contributed by atoms with Crippen LogP contribution in [0.1, 0.15) is 32.3 Å². The largest absolute Gasteiger partial charge is 0.494 e. The van der Waals surface area contributed by atoms with Gasteiger partial charge in [-0.2, -0.15) is 0 Å². The molecule has 2 N–H and O–H groups in total. The maximum atomic E-state index is 11.8. The molecule has 1 heterocycles. The summed E-state index contributed by atoms with van der Waals surface area (Å²) in [6.07, 6.45) is 5.19. The van der Waals surface area contributed by atoms with Crippen molar-refractivity contribution in [1.82, 2.24) is 9.55 Å². The van der Waals surface area contributed by atoms with Gasteiger partial charge in [0.25, 0.3) is 5.56 Å². The van der Waals surface area contributed by atoms with E-state index in [-0.39, 0.29) is 21.8 Å². The topological polar surface area (TPSA) is 58.0 Å². The Kier molecular flexibility index (Phi) is 5.09. The van der Waals surface area contributed by atoms with Crippen molar-refractivity contribution in [2.45, 2.75) is 33.2 Å². The number of aromatic amines is 1. The van der Waals surface area contributed by atoms with Crippen LogP contribution in [0.15, 0.2) is 23.0 Å². The molecule has 0 aliphatic heterocycles. The molecule has 0 bridgehead atoms. The number of aromatic nitrogens is 2. The lowest BCUT2D eigenvalue weighted by Crippen LogP contribution is -2.16. The normalized spacial score (nSPS) is 11.6. The van der Waals surface area contributed by atoms with E-state index in [1.165, 1.54) is 4.57 Å². The van der Waals surface area contributed by atoms with Crippen LogP contribution in [0.2, 0.25) is 0 Å². The van der Waals surface area contributed by atoms with Gasteiger partial charge in [-0.1, -0.05) is 25.0 Å². The molecular formula is C13H18N2O2S. The summed E-state index contributed by atoms with van der Waals surface area (Å²) in [6.45, 7) is 7.94. The van der Waals surface area contributed by atoms with Crippen molar-refractivity contribution < 1.29 is 5.11 Å². The van der Waals surface area contributed by atoms with Crippen molar-refractivity contribution in [3.05, 3.63) is 38.9 Å². The average molecular weight is 266 g/mol. The van der Waals surface area contributed by atoms with E-state index in [1.807, 2.05) is 6.92 Å². The van der Waals surface area contributed by atoms with Gasteiger partial charge in [0.15, 0.2) is 4.77 Å². The molecule has 1 aromatic heterocycles. The van der Waals surface area contributed by atoms with Crippen LogP contribution in [0.25, 0.3) is 6.08 Å². The molecule has 4 nitrogen and oxygen atoms in total. The van der Waals surface area contributed by atoms with Gasteiger partial charge in [0.2, 0.25) is 5.88 Å². The summed E-state index contributed by atoms with van der Waals surface area (Å²) in [5.41, 5.74) is 0.922. The number of rotatable bonds is 5. The molecule has 18 heavy (non-hydrogen) atoms. The summed E-state index contributed by atoms with van der Waals surface area (Å²) < 4.78 is 1.64.